The summed E-state index contributed by atoms with van der Waals surface area (Å²) in [6.07, 6.45) is 0.829. The highest BCUT2D eigenvalue weighted by Gasteiger charge is 2.18. The Labute approximate surface area is 124 Å². The molecule has 1 N–H and O–H groups in total. The van der Waals surface area contributed by atoms with Crippen molar-refractivity contribution in [1.29, 1.82) is 0 Å². The molecular formula is C12H12Cl2FN3S. The number of benzene rings is 1. The van der Waals surface area contributed by atoms with E-state index in [0.29, 0.717) is 15.7 Å². The van der Waals surface area contributed by atoms with Crippen LogP contribution in [0.25, 0.3) is 0 Å². The molecule has 1 atom stereocenters. The van der Waals surface area contributed by atoms with Gasteiger partial charge < -0.3 is 5.32 Å². The minimum Gasteiger partial charge on any atom is -0.353 e. The summed E-state index contributed by atoms with van der Waals surface area (Å²) in [6, 6.07) is 2.49. The summed E-state index contributed by atoms with van der Waals surface area (Å²) in [5.41, 5.74) is 0.525. The van der Waals surface area contributed by atoms with E-state index in [1.165, 1.54) is 23.5 Å². The first-order valence-electron chi connectivity index (χ1n) is 5.75. The van der Waals surface area contributed by atoms with E-state index in [9.17, 15) is 4.39 Å². The second kappa shape index (κ2) is 6.03. The number of aromatic nitrogens is 2. The highest BCUT2D eigenvalue weighted by molar-refractivity contribution is 7.15. The molecular weight excluding hydrogens is 308 g/mol. The maximum atomic E-state index is 13.5. The lowest BCUT2D eigenvalue weighted by atomic mass is 10.1. The van der Waals surface area contributed by atoms with Crippen LogP contribution in [0, 0.1) is 5.82 Å². The summed E-state index contributed by atoms with van der Waals surface area (Å²) in [5.74, 6) is -0.485. The van der Waals surface area contributed by atoms with E-state index in [1.54, 1.807) is 0 Å². The molecule has 0 aliphatic rings. The van der Waals surface area contributed by atoms with Crippen molar-refractivity contribution in [3.05, 3.63) is 38.6 Å². The highest BCUT2D eigenvalue weighted by atomic mass is 35.5. The van der Waals surface area contributed by atoms with Crippen LogP contribution in [0.1, 0.15) is 30.5 Å². The highest BCUT2D eigenvalue weighted by Crippen LogP contribution is 2.34. The van der Waals surface area contributed by atoms with Crippen molar-refractivity contribution < 1.29 is 4.39 Å². The zero-order valence-corrected chi connectivity index (χ0v) is 12.7. The summed E-state index contributed by atoms with van der Waals surface area (Å²) in [7, 11) is 0. The van der Waals surface area contributed by atoms with Gasteiger partial charge in [-0.05, 0) is 25.5 Å². The summed E-state index contributed by atoms with van der Waals surface area (Å²) in [6.45, 7) is 3.85. The van der Waals surface area contributed by atoms with E-state index in [4.69, 9.17) is 23.2 Å². The molecule has 0 saturated carbocycles. The van der Waals surface area contributed by atoms with Crippen molar-refractivity contribution in [3.63, 3.8) is 0 Å². The van der Waals surface area contributed by atoms with Crippen LogP contribution in [0.2, 0.25) is 10.0 Å². The summed E-state index contributed by atoms with van der Waals surface area (Å²) in [4.78, 5) is 0. The Bertz CT molecular complexity index is 588. The van der Waals surface area contributed by atoms with Gasteiger partial charge >= 0.3 is 0 Å². The number of aryl methyl sites for hydroxylation is 1. The van der Waals surface area contributed by atoms with E-state index >= 15 is 0 Å². The molecule has 1 heterocycles. The third kappa shape index (κ3) is 3.16. The molecule has 0 saturated heterocycles. The minimum absolute atomic E-state index is 0.0349. The van der Waals surface area contributed by atoms with E-state index in [2.05, 4.69) is 15.5 Å². The molecule has 1 aromatic heterocycles. The van der Waals surface area contributed by atoms with Gasteiger partial charge in [-0.3, -0.25) is 0 Å². The fourth-order valence-corrected chi connectivity index (χ4v) is 3.12. The lowest BCUT2D eigenvalue weighted by molar-refractivity contribution is 0.624. The molecule has 0 bridgehead atoms. The Morgan fingerprint density at radius 3 is 2.74 bits per heavy atom. The van der Waals surface area contributed by atoms with Gasteiger partial charge in [0, 0.05) is 10.6 Å². The molecule has 1 unspecified atom stereocenters. The molecule has 1 aromatic carbocycles. The van der Waals surface area contributed by atoms with Gasteiger partial charge in [0.2, 0.25) is 5.13 Å². The molecule has 0 radical (unpaired) electrons. The summed E-state index contributed by atoms with van der Waals surface area (Å²) < 4.78 is 13.5. The van der Waals surface area contributed by atoms with Crippen LogP contribution in [-0.4, -0.2) is 10.2 Å². The predicted octanol–water partition coefficient (Wildman–Crippen LogP) is 4.72. The fraction of sp³-hybridized carbons (Fsp3) is 0.333. The van der Waals surface area contributed by atoms with Crippen molar-refractivity contribution in [2.24, 2.45) is 0 Å². The van der Waals surface area contributed by atoms with Crippen molar-refractivity contribution in [2.75, 3.05) is 5.32 Å². The van der Waals surface area contributed by atoms with Gasteiger partial charge in [-0.25, -0.2) is 4.39 Å². The van der Waals surface area contributed by atoms with Gasteiger partial charge in [0.15, 0.2) is 0 Å². The Morgan fingerprint density at radius 2 is 2.11 bits per heavy atom. The van der Waals surface area contributed by atoms with Crippen LogP contribution in [0.4, 0.5) is 9.52 Å². The van der Waals surface area contributed by atoms with E-state index in [-0.39, 0.29) is 11.1 Å². The van der Waals surface area contributed by atoms with Gasteiger partial charge in [-0.2, -0.15) is 0 Å². The maximum absolute atomic E-state index is 13.5. The number of rotatable bonds is 4. The van der Waals surface area contributed by atoms with Gasteiger partial charge in [-0.15, -0.1) is 10.2 Å². The van der Waals surface area contributed by atoms with Crippen LogP contribution >= 0.6 is 34.5 Å². The lowest BCUT2D eigenvalue weighted by Crippen LogP contribution is -2.08. The SMILES string of the molecule is CCc1nnc(NC(C)c2c(Cl)ccc(F)c2Cl)s1. The number of halogens is 3. The smallest absolute Gasteiger partial charge is 0.206 e. The van der Waals surface area contributed by atoms with E-state index in [1.807, 2.05) is 13.8 Å². The molecule has 102 valence electrons. The molecule has 3 nitrogen and oxygen atoms in total. The van der Waals surface area contributed by atoms with Crippen molar-refractivity contribution in [3.8, 4) is 0 Å². The third-order valence-corrected chi connectivity index (χ3v) is 4.33. The van der Waals surface area contributed by atoms with Gasteiger partial charge in [0.1, 0.15) is 10.8 Å². The topological polar surface area (TPSA) is 37.8 Å². The monoisotopic (exact) mass is 319 g/mol. The molecule has 0 aliphatic carbocycles. The molecule has 0 amide bonds. The van der Waals surface area contributed by atoms with Crippen molar-refractivity contribution >= 4 is 39.7 Å². The Hall–Kier alpha value is -0.910. The van der Waals surface area contributed by atoms with Gasteiger partial charge in [0.05, 0.1) is 11.1 Å². The van der Waals surface area contributed by atoms with Gasteiger partial charge in [-0.1, -0.05) is 41.5 Å². The first-order chi connectivity index (χ1) is 9.02. The molecule has 0 aliphatic heterocycles. The third-order valence-electron chi connectivity index (χ3n) is 2.62. The zero-order chi connectivity index (χ0) is 14.0. The normalized spacial score (nSPS) is 12.5. The summed E-state index contributed by atoms with van der Waals surface area (Å²) in [5, 5.41) is 13.2. The second-order valence-electron chi connectivity index (χ2n) is 3.98. The number of nitrogens with zero attached hydrogens (tertiary/aromatic N) is 2. The first-order valence-corrected chi connectivity index (χ1v) is 7.32. The number of hydrogen-bond donors (Lipinski definition) is 1. The molecule has 2 rings (SSSR count). The standard InChI is InChI=1S/C12H12Cl2FN3S/c1-3-9-17-18-12(19-9)16-6(2)10-7(13)4-5-8(15)11(10)14/h4-6H,3H2,1-2H3,(H,16,18). The quantitative estimate of drug-likeness (QED) is 0.828. The Kier molecular flexibility index (Phi) is 4.60. The van der Waals surface area contributed by atoms with Crippen LogP contribution in [0.15, 0.2) is 12.1 Å². The second-order valence-corrected chi connectivity index (χ2v) is 5.82. The number of hydrogen-bond acceptors (Lipinski definition) is 4. The Balaban J connectivity index is 2.24. The molecule has 19 heavy (non-hydrogen) atoms. The Morgan fingerprint density at radius 1 is 1.37 bits per heavy atom. The average molecular weight is 320 g/mol. The van der Waals surface area contributed by atoms with E-state index in [0.717, 1.165) is 11.4 Å². The van der Waals surface area contributed by atoms with Crippen molar-refractivity contribution in [1.82, 2.24) is 10.2 Å². The van der Waals surface area contributed by atoms with Crippen LogP contribution in [-0.2, 0) is 6.42 Å². The maximum Gasteiger partial charge on any atom is 0.206 e. The minimum atomic E-state index is -0.485. The number of nitrogens with one attached hydrogen (secondary N) is 1. The fourth-order valence-electron chi connectivity index (χ4n) is 1.65. The molecule has 0 spiro atoms. The molecule has 2 aromatic rings. The molecule has 7 heteroatoms. The molecule has 0 fully saturated rings. The van der Waals surface area contributed by atoms with E-state index < -0.39 is 5.82 Å². The number of anilines is 1. The van der Waals surface area contributed by atoms with Crippen LogP contribution < -0.4 is 5.32 Å². The predicted molar refractivity (Wildman–Crippen MR) is 77.7 cm³/mol. The largest absolute Gasteiger partial charge is 0.353 e. The van der Waals surface area contributed by atoms with Crippen molar-refractivity contribution in [2.45, 2.75) is 26.3 Å². The summed E-state index contributed by atoms with van der Waals surface area (Å²) >= 11 is 13.5. The van der Waals surface area contributed by atoms with Gasteiger partial charge in [0.25, 0.3) is 0 Å². The van der Waals surface area contributed by atoms with Crippen LogP contribution in [0.5, 0.6) is 0 Å². The lowest BCUT2D eigenvalue weighted by Gasteiger charge is -2.16. The zero-order valence-electron chi connectivity index (χ0n) is 10.4. The van der Waals surface area contributed by atoms with Crippen LogP contribution in [0.3, 0.4) is 0 Å². The first kappa shape index (κ1) is 14.5. The average Bonchev–Trinajstić information content (AvgIpc) is 2.82.